The summed E-state index contributed by atoms with van der Waals surface area (Å²) >= 11 is 0.991. The molecule has 1 aromatic carbocycles. The Balaban J connectivity index is 1.53. The number of nitrogens with one attached hydrogen (secondary N) is 1. The monoisotopic (exact) mass is 465 g/mol. The van der Waals surface area contributed by atoms with Crippen LogP contribution in [-0.4, -0.2) is 43.9 Å². The second-order valence-electron chi connectivity index (χ2n) is 7.09. The Bertz CT molecular complexity index is 1200. The minimum absolute atomic E-state index is 0.0273. The lowest BCUT2D eigenvalue weighted by Gasteiger charge is -2.16. The van der Waals surface area contributed by atoms with Crippen molar-refractivity contribution < 1.29 is 22.7 Å². The molecule has 0 saturated carbocycles. The third kappa shape index (κ3) is 5.07. The summed E-state index contributed by atoms with van der Waals surface area (Å²) in [5.41, 5.74) is -0.952. The molecule has 8 nitrogen and oxygen atoms in total. The molecule has 1 amide bonds. The Morgan fingerprint density at radius 1 is 1.28 bits per heavy atom. The van der Waals surface area contributed by atoms with Crippen molar-refractivity contribution in [1.29, 1.82) is 0 Å². The number of carbonyl (C=O) groups is 1. The zero-order chi connectivity index (χ0) is 22.7. The van der Waals surface area contributed by atoms with E-state index in [9.17, 15) is 22.8 Å². The van der Waals surface area contributed by atoms with Crippen LogP contribution in [0.1, 0.15) is 18.4 Å². The predicted molar refractivity (Wildman–Crippen MR) is 111 cm³/mol. The minimum atomic E-state index is -4.51. The molecule has 0 spiro atoms. The van der Waals surface area contributed by atoms with Gasteiger partial charge in [-0.05, 0) is 31.0 Å². The fourth-order valence-corrected chi connectivity index (χ4v) is 4.09. The first kappa shape index (κ1) is 22.2. The van der Waals surface area contributed by atoms with Gasteiger partial charge in [-0.3, -0.25) is 14.2 Å². The van der Waals surface area contributed by atoms with Crippen LogP contribution < -0.4 is 10.9 Å². The Kier molecular flexibility index (Phi) is 6.42. The normalized spacial score (nSPS) is 16.4. The van der Waals surface area contributed by atoms with Crippen LogP contribution in [0.25, 0.3) is 11.2 Å². The lowest BCUT2D eigenvalue weighted by molar-refractivity contribution is -0.137. The van der Waals surface area contributed by atoms with E-state index in [0.717, 1.165) is 36.7 Å². The van der Waals surface area contributed by atoms with Crippen LogP contribution in [0, 0.1) is 0 Å². The first-order chi connectivity index (χ1) is 15.3. The number of amides is 1. The third-order valence-corrected chi connectivity index (χ3v) is 5.75. The largest absolute Gasteiger partial charge is 0.416 e. The zero-order valence-corrected chi connectivity index (χ0v) is 17.4. The molecular formula is C20H18F3N5O3S. The van der Waals surface area contributed by atoms with E-state index in [4.69, 9.17) is 4.74 Å². The summed E-state index contributed by atoms with van der Waals surface area (Å²) in [5, 5.41) is 2.70. The lowest BCUT2D eigenvalue weighted by atomic mass is 10.2. The summed E-state index contributed by atoms with van der Waals surface area (Å²) in [4.78, 5) is 37.8. The van der Waals surface area contributed by atoms with Crippen LogP contribution in [0.3, 0.4) is 0 Å². The zero-order valence-electron chi connectivity index (χ0n) is 16.6. The van der Waals surface area contributed by atoms with Gasteiger partial charge in [0.15, 0.2) is 16.3 Å². The topological polar surface area (TPSA) is 99.0 Å². The minimum Gasteiger partial charge on any atom is -0.376 e. The molecule has 1 unspecified atom stereocenters. The highest BCUT2D eigenvalue weighted by Gasteiger charge is 2.30. The Morgan fingerprint density at radius 3 is 2.84 bits per heavy atom. The Labute approximate surface area is 184 Å². The number of aromatic nitrogens is 4. The maximum Gasteiger partial charge on any atom is 0.416 e. The van der Waals surface area contributed by atoms with Crippen molar-refractivity contribution in [3.05, 3.63) is 52.6 Å². The summed E-state index contributed by atoms with van der Waals surface area (Å²) < 4.78 is 45.6. The highest BCUT2D eigenvalue weighted by Crippen LogP contribution is 2.30. The smallest absolute Gasteiger partial charge is 0.376 e. The number of halogens is 3. The van der Waals surface area contributed by atoms with E-state index in [0.29, 0.717) is 6.61 Å². The highest BCUT2D eigenvalue weighted by molar-refractivity contribution is 7.99. The van der Waals surface area contributed by atoms with Gasteiger partial charge in [0, 0.05) is 24.7 Å². The summed E-state index contributed by atoms with van der Waals surface area (Å²) in [6.45, 7) is 0.873. The predicted octanol–water partition coefficient (Wildman–Crippen LogP) is 3.12. The first-order valence-electron chi connectivity index (χ1n) is 9.74. The molecule has 1 aliphatic heterocycles. The van der Waals surface area contributed by atoms with E-state index in [-0.39, 0.29) is 46.0 Å². The molecule has 3 heterocycles. The number of hydrogen-bond acceptors (Lipinski definition) is 7. The number of rotatable bonds is 6. The van der Waals surface area contributed by atoms with E-state index >= 15 is 0 Å². The van der Waals surface area contributed by atoms with Gasteiger partial charge in [0.05, 0.1) is 24.0 Å². The number of hydrogen-bond donors (Lipinski definition) is 1. The standard InChI is InChI=1S/C20H18F3N5O3S/c21-20(22,23)12-3-1-4-13(9-12)26-15(29)11-32-19-27-17-16(24-6-7-25-17)18(30)28(19)10-14-5-2-8-31-14/h1,3-4,6-7,9,14H,2,5,8,10-11H2,(H,26,29). The number of nitrogens with zero attached hydrogens (tertiary/aromatic N) is 4. The molecule has 0 radical (unpaired) electrons. The fraction of sp³-hybridized carbons (Fsp3) is 0.350. The van der Waals surface area contributed by atoms with Crippen molar-refractivity contribution in [3.63, 3.8) is 0 Å². The molecule has 1 N–H and O–H groups in total. The second-order valence-corrected chi connectivity index (χ2v) is 8.03. The first-order valence-corrected chi connectivity index (χ1v) is 10.7. The number of ether oxygens (including phenoxy) is 1. The van der Waals surface area contributed by atoms with Crippen LogP contribution in [0.2, 0.25) is 0 Å². The van der Waals surface area contributed by atoms with Gasteiger partial charge in [-0.2, -0.15) is 13.2 Å². The molecule has 0 bridgehead atoms. The Hall–Kier alpha value is -2.99. The fourth-order valence-electron chi connectivity index (χ4n) is 3.29. The molecule has 168 valence electrons. The highest BCUT2D eigenvalue weighted by atomic mass is 32.2. The van der Waals surface area contributed by atoms with Crippen molar-refractivity contribution in [2.45, 2.75) is 36.8 Å². The van der Waals surface area contributed by atoms with Gasteiger partial charge in [-0.1, -0.05) is 17.8 Å². The van der Waals surface area contributed by atoms with Gasteiger partial charge in [-0.25, -0.2) is 15.0 Å². The van der Waals surface area contributed by atoms with Crippen molar-refractivity contribution in [3.8, 4) is 0 Å². The number of carbonyl (C=O) groups excluding carboxylic acids is 1. The van der Waals surface area contributed by atoms with Crippen molar-refractivity contribution >= 4 is 34.5 Å². The average molecular weight is 465 g/mol. The summed E-state index contributed by atoms with van der Waals surface area (Å²) in [7, 11) is 0. The molecule has 4 rings (SSSR count). The summed E-state index contributed by atoms with van der Waals surface area (Å²) in [5.74, 6) is -0.702. The second kappa shape index (κ2) is 9.25. The number of thioether (sulfide) groups is 1. The van der Waals surface area contributed by atoms with Gasteiger partial charge in [0.2, 0.25) is 5.91 Å². The summed E-state index contributed by atoms with van der Waals surface area (Å²) in [6.07, 6.45) is -0.163. The number of benzene rings is 1. The molecule has 0 aliphatic carbocycles. The molecule has 3 aromatic rings. The molecule has 1 atom stereocenters. The Morgan fingerprint density at radius 2 is 2.09 bits per heavy atom. The van der Waals surface area contributed by atoms with Crippen LogP contribution >= 0.6 is 11.8 Å². The van der Waals surface area contributed by atoms with Gasteiger partial charge < -0.3 is 10.1 Å². The maximum atomic E-state index is 12.9. The molecule has 12 heteroatoms. The summed E-state index contributed by atoms with van der Waals surface area (Å²) in [6, 6.07) is 4.37. The molecule has 32 heavy (non-hydrogen) atoms. The van der Waals surface area contributed by atoms with Crippen molar-refractivity contribution in [2.24, 2.45) is 0 Å². The molecule has 1 fully saturated rings. The SMILES string of the molecule is O=C(CSc1nc2nccnc2c(=O)n1CC1CCCO1)Nc1cccc(C(F)(F)F)c1. The number of alkyl halides is 3. The van der Waals surface area contributed by atoms with Crippen molar-refractivity contribution in [1.82, 2.24) is 19.5 Å². The number of fused-ring (bicyclic) bond motifs is 1. The van der Waals surface area contributed by atoms with E-state index in [1.165, 1.54) is 29.1 Å². The maximum absolute atomic E-state index is 12.9. The lowest BCUT2D eigenvalue weighted by Crippen LogP contribution is -2.30. The quantitative estimate of drug-likeness (QED) is 0.441. The van der Waals surface area contributed by atoms with Crippen LogP contribution in [0.4, 0.5) is 18.9 Å². The molecule has 1 aliphatic rings. The van der Waals surface area contributed by atoms with Gasteiger partial charge in [0.1, 0.15) is 0 Å². The van der Waals surface area contributed by atoms with E-state index in [1.54, 1.807) is 0 Å². The van der Waals surface area contributed by atoms with E-state index < -0.39 is 17.6 Å². The van der Waals surface area contributed by atoms with Gasteiger partial charge >= 0.3 is 6.18 Å². The van der Waals surface area contributed by atoms with Crippen molar-refractivity contribution in [2.75, 3.05) is 17.7 Å². The molecule has 1 saturated heterocycles. The van der Waals surface area contributed by atoms with E-state index in [2.05, 4.69) is 20.3 Å². The van der Waals surface area contributed by atoms with E-state index in [1.807, 2.05) is 0 Å². The van der Waals surface area contributed by atoms with Crippen LogP contribution in [-0.2, 0) is 22.3 Å². The molecular weight excluding hydrogens is 447 g/mol. The number of anilines is 1. The van der Waals surface area contributed by atoms with Gasteiger partial charge in [0.25, 0.3) is 5.56 Å². The van der Waals surface area contributed by atoms with Crippen LogP contribution in [0.5, 0.6) is 0 Å². The molecule has 2 aromatic heterocycles. The van der Waals surface area contributed by atoms with Crippen LogP contribution in [0.15, 0.2) is 46.6 Å². The van der Waals surface area contributed by atoms with Gasteiger partial charge in [-0.15, -0.1) is 0 Å². The average Bonchev–Trinajstić information content (AvgIpc) is 3.27. The third-order valence-electron chi connectivity index (χ3n) is 4.78.